The Morgan fingerprint density at radius 3 is 2.15 bits per heavy atom. The third-order valence-electron chi connectivity index (χ3n) is 8.88. The van der Waals surface area contributed by atoms with Crippen molar-refractivity contribution in [2.75, 3.05) is 6.61 Å². The fourth-order valence-corrected chi connectivity index (χ4v) is 6.48. The summed E-state index contributed by atoms with van der Waals surface area (Å²) in [4.78, 5) is 12.6. The fourth-order valence-electron chi connectivity index (χ4n) is 6.48. The molecule has 0 aliphatic heterocycles. The van der Waals surface area contributed by atoms with Crippen LogP contribution in [0.4, 0.5) is 4.39 Å². The van der Waals surface area contributed by atoms with E-state index in [1.165, 1.54) is 69.9 Å². The molecule has 0 saturated heterocycles. The topological polar surface area (TPSA) is 59.3 Å². The smallest absolute Gasteiger partial charge is 0.314 e. The van der Waals surface area contributed by atoms with Gasteiger partial charge < -0.3 is 9.47 Å². The molecule has 3 saturated carbocycles. The first-order chi connectivity index (χ1) is 16.6. The lowest BCUT2D eigenvalue weighted by atomic mass is 9.70. The van der Waals surface area contributed by atoms with Crippen LogP contribution < -0.4 is 4.74 Å². The van der Waals surface area contributed by atoms with Crippen LogP contribution >= 0.6 is 0 Å². The van der Waals surface area contributed by atoms with E-state index in [4.69, 9.17) is 14.7 Å². The van der Waals surface area contributed by atoms with Crippen molar-refractivity contribution < 1.29 is 18.7 Å². The molecule has 1 aromatic carbocycles. The minimum absolute atomic E-state index is 0.0421. The highest BCUT2D eigenvalue weighted by Gasteiger charge is 2.34. The molecule has 1 aromatic rings. The van der Waals surface area contributed by atoms with Gasteiger partial charge >= 0.3 is 5.97 Å². The number of nitrogens with zero attached hydrogens (tertiary/aromatic N) is 1. The quantitative estimate of drug-likeness (QED) is 0.313. The maximum atomic E-state index is 13.8. The number of halogens is 1. The number of carbonyl (C=O) groups excluding carboxylic acids is 1. The molecule has 186 valence electrons. The first-order valence-electron chi connectivity index (χ1n) is 13.6. The summed E-state index contributed by atoms with van der Waals surface area (Å²) in [6, 6.07) is 5.74. The van der Waals surface area contributed by atoms with Gasteiger partial charge in [-0.1, -0.05) is 26.2 Å². The maximum Gasteiger partial charge on any atom is 0.314 e. The molecule has 0 atom stereocenters. The van der Waals surface area contributed by atoms with Gasteiger partial charge in [0.2, 0.25) is 0 Å². The normalized spacial score (nSPS) is 32.0. The Labute approximate surface area is 204 Å². The van der Waals surface area contributed by atoms with Gasteiger partial charge in [0.25, 0.3) is 0 Å². The van der Waals surface area contributed by atoms with Gasteiger partial charge in [0.05, 0.1) is 17.6 Å². The average Bonchev–Trinajstić information content (AvgIpc) is 2.88. The molecule has 0 amide bonds. The second kappa shape index (κ2) is 12.2. The monoisotopic (exact) mass is 469 g/mol. The molecule has 0 heterocycles. The van der Waals surface area contributed by atoms with Crippen molar-refractivity contribution in [2.45, 2.75) is 96.5 Å². The maximum absolute atomic E-state index is 13.8. The van der Waals surface area contributed by atoms with Crippen LogP contribution in [-0.4, -0.2) is 18.7 Å². The van der Waals surface area contributed by atoms with Crippen LogP contribution in [0.15, 0.2) is 18.2 Å². The lowest BCUT2D eigenvalue weighted by Gasteiger charge is -2.37. The van der Waals surface area contributed by atoms with E-state index in [1.54, 1.807) is 6.07 Å². The molecule has 5 heteroatoms. The molecule has 4 nitrogen and oxygen atoms in total. The molecule has 34 heavy (non-hydrogen) atoms. The van der Waals surface area contributed by atoms with Crippen molar-refractivity contribution in [3.05, 3.63) is 29.6 Å². The molecule has 3 fully saturated rings. The van der Waals surface area contributed by atoms with Crippen molar-refractivity contribution >= 4 is 5.97 Å². The first-order valence-corrected chi connectivity index (χ1v) is 13.6. The van der Waals surface area contributed by atoms with Gasteiger partial charge in [0.15, 0.2) is 0 Å². The summed E-state index contributed by atoms with van der Waals surface area (Å²) in [5.41, 5.74) is -0.0421. The second-order valence-corrected chi connectivity index (χ2v) is 11.0. The largest absolute Gasteiger partial charge is 0.426 e. The number of nitriles is 1. The zero-order valence-corrected chi connectivity index (χ0v) is 20.6. The van der Waals surface area contributed by atoms with E-state index in [9.17, 15) is 9.18 Å². The van der Waals surface area contributed by atoms with E-state index in [0.29, 0.717) is 12.0 Å². The number of esters is 1. The summed E-state index contributed by atoms with van der Waals surface area (Å²) in [5, 5.41) is 8.83. The third-order valence-corrected chi connectivity index (χ3v) is 8.88. The molecular weight excluding hydrogens is 429 g/mol. The van der Waals surface area contributed by atoms with Crippen molar-refractivity contribution in [3.8, 4) is 11.8 Å². The van der Waals surface area contributed by atoms with Crippen molar-refractivity contribution in [1.29, 1.82) is 5.26 Å². The van der Waals surface area contributed by atoms with E-state index < -0.39 is 5.82 Å². The first kappa shape index (κ1) is 25.2. The lowest BCUT2D eigenvalue weighted by molar-refractivity contribution is -0.140. The predicted octanol–water partition coefficient (Wildman–Crippen LogP) is 7.20. The van der Waals surface area contributed by atoms with E-state index in [1.807, 2.05) is 0 Å². The summed E-state index contributed by atoms with van der Waals surface area (Å²) in [5.74, 6) is 2.32. The number of carbonyl (C=O) groups is 1. The van der Waals surface area contributed by atoms with Gasteiger partial charge in [-0.2, -0.15) is 5.26 Å². The van der Waals surface area contributed by atoms with Crippen molar-refractivity contribution in [2.24, 2.45) is 29.6 Å². The van der Waals surface area contributed by atoms with Crippen LogP contribution in [0.2, 0.25) is 0 Å². The zero-order valence-electron chi connectivity index (χ0n) is 20.6. The SMILES string of the molecule is CC[C@H]1CC[C@H](CO[C@H]2CC[C@H]([C@H]3CC[C@H](C(=O)Oc4ccc(C#N)c(F)c4)CC3)CC2)CC1. The number of benzene rings is 1. The van der Waals surface area contributed by atoms with Crippen LogP contribution in [0.25, 0.3) is 0 Å². The van der Waals surface area contributed by atoms with Gasteiger partial charge in [-0.3, -0.25) is 4.79 Å². The standard InChI is InChI=1S/C29H40FNO3/c1-2-20-3-5-21(6-4-20)19-33-26-14-11-23(12-15-26)22-7-9-24(10-8-22)29(32)34-27-16-13-25(18-31)28(30)17-27/h13,16-17,20-24,26H,2-12,14-15,19H2,1H3/t20-,21-,22-,23-,24-,26-. The highest BCUT2D eigenvalue weighted by Crippen LogP contribution is 2.41. The lowest BCUT2D eigenvalue weighted by Crippen LogP contribution is -2.32. The molecular formula is C29H40FNO3. The number of hydrogen-bond donors (Lipinski definition) is 0. The van der Waals surface area contributed by atoms with E-state index >= 15 is 0 Å². The zero-order chi connectivity index (χ0) is 23.9. The van der Waals surface area contributed by atoms with Crippen LogP contribution in [0.3, 0.4) is 0 Å². The minimum atomic E-state index is -0.653. The summed E-state index contributed by atoms with van der Waals surface area (Å²) >= 11 is 0. The highest BCUT2D eigenvalue weighted by atomic mass is 19.1. The van der Waals surface area contributed by atoms with Gasteiger partial charge in [-0.15, -0.1) is 0 Å². The van der Waals surface area contributed by atoms with Crippen LogP contribution in [0, 0.1) is 46.7 Å². The molecule has 3 aliphatic carbocycles. The van der Waals surface area contributed by atoms with Crippen LogP contribution in [0.5, 0.6) is 5.75 Å². The molecule has 4 rings (SSSR count). The Morgan fingerprint density at radius 2 is 1.56 bits per heavy atom. The summed E-state index contributed by atoms with van der Waals surface area (Å²) in [6.45, 7) is 3.28. The molecule has 0 unspecified atom stereocenters. The van der Waals surface area contributed by atoms with E-state index in [2.05, 4.69) is 6.92 Å². The summed E-state index contributed by atoms with van der Waals surface area (Å²) in [7, 11) is 0. The Hall–Kier alpha value is -1.93. The average molecular weight is 470 g/mol. The number of hydrogen-bond acceptors (Lipinski definition) is 4. The molecule has 3 aliphatic rings. The van der Waals surface area contributed by atoms with E-state index in [-0.39, 0.29) is 23.2 Å². The Kier molecular flexibility index (Phi) is 9.00. The van der Waals surface area contributed by atoms with E-state index in [0.717, 1.165) is 56.1 Å². The minimum Gasteiger partial charge on any atom is -0.426 e. The highest BCUT2D eigenvalue weighted by molar-refractivity contribution is 5.75. The molecule has 0 radical (unpaired) electrons. The Balaban J connectivity index is 1.14. The third kappa shape index (κ3) is 6.60. The van der Waals surface area contributed by atoms with Crippen LogP contribution in [-0.2, 0) is 9.53 Å². The Morgan fingerprint density at radius 1 is 0.941 bits per heavy atom. The van der Waals surface area contributed by atoms with Gasteiger partial charge in [-0.05, 0) is 100 Å². The molecule has 0 aromatic heterocycles. The fraction of sp³-hybridized carbons (Fsp3) is 0.724. The van der Waals surface area contributed by atoms with Gasteiger partial charge in [-0.25, -0.2) is 4.39 Å². The Bertz CT molecular complexity index is 841. The summed E-state index contributed by atoms with van der Waals surface area (Å²) in [6.07, 6.45) is 15.9. The van der Waals surface area contributed by atoms with Gasteiger partial charge in [0.1, 0.15) is 17.6 Å². The number of rotatable bonds is 7. The van der Waals surface area contributed by atoms with Gasteiger partial charge in [0, 0.05) is 12.7 Å². The van der Waals surface area contributed by atoms with Crippen molar-refractivity contribution in [3.63, 3.8) is 0 Å². The van der Waals surface area contributed by atoms with Crippen molar-refractivity contribution in [1.82, 2.24) is 0 Å². The molecule has 0 bridgehead atoms. The summed E-state index contributed by atoms with van der Waals surface area (Å²) < 4.78 is 25.5. The predicted molar refractivity (Wildman–Crippen MR) is 130 cm³/mol. The number of ether oxygens (including phenoxy) is 2. The molecule has 0 spiro atoms. The molecule has 0 N–H and O–H groups in total. The van der Waals surface area contributed by atoms with Crippen LogP contribution in [0.1, 0.15) is 96.0 Å². The second-order valence-electron chi connectivity index (χ2n) is 11.0.